The van der Waals surface area contributed by atoms with E-state index in [-0.39, 0.29) is 16.4 Å². The molecule has 4 rings (SSSR count). The first-order chi connectivity index (χ1) is 14.9. The zero-order valence-corrected chi connectivity index (χ0v) is 18.6. The maximum Gasteiger partial charge on any atom is 0.252 e. The quantitative estimate of drug-likeness (QED) is 0.613. The zero-order chi connectivity index (χ0) is 22.0. The molecule has 1 saturated heterocycles. The van der Waals surface area contributed by atoms with Crippen molar-refractivity contribution < 1.29 is 13.2 Å². The Morgan fingerprint density at radius 1 is 1.13 bits per heavy atom. The first-order valence-corrected chi connectivity index (χ1v) is 11.8. The van der Waals surface area contributed by atoms with Crippen LogP contribution in [0.1, 0.15) is 40.6 Å². The molecular formula is C22H23ClN4O3S. The van der Waals surface area contributed by atoms with Crippen LogP contribution in [-0.2, 0) is 17.1 Å². The highest BCUT2D eigenvalue weighted by Gasteiger charge is 2.28. The molecule has 0 aliphatic carbocycles. The smallest absolute Gasteiger partial charge is 0.252 e. The zero-order valence-electron chi connectivity index (χ0n) is 17.0. The van der Waals surface area contributed by atoms with Crippen LogP contribution < -0.4 is 5.32 Å². The number of nitrogens with zero attached hydrogens (tertiary/aromatic N) is 3. The normalized spacial score (nSPS) is 15.7. The van der Waals surface area contributed by atoms with Gasteiger partial charge in [0.25, 0.3) is 5.91 Å². The first-order valence-electron chi connectivity index (χ1n) is 10.00. The van der Waals surface area contributed by atoms with Gasteiger partial charge in [0.2, 0.25) is 10.0 Å². The number of nitrogens with one attached hydrogen (secondary N) is 1. The van der Waals surface area contributed by atoms with Gasteiger partial charge in [-0.3, -0.25) is 4.79 Å². The summed E-state index contributed by atoms with van der Waals surface area (Å²) in [5.74, 6) is 0.262. The van der Waals surface area contributed by atoms with E-state index in [9.17, 15) is 13.2 Å². The third kappa shape index (κ3) is 4.51. The Labute approximate surface area is 186 Å². The molecule has 1 aromatic heterocycles. The fourth-order valence-electron chi connectivity index (χ4n) is 3.70. The number of aromatic nitrogens is 2. The fraction of sp³-hybridized carbons (Fsp3) is 0.273. The van der Waals surface area contributed by atoms with E-state index < -0.39 is 16.1 Å². The molecule has 2 aromatic carbocycles. The summed E-state index contributed by atoms with van der Waals surface area (Å²) >= 11 is 6.02. The summed E-state index contributed by atoms with van der Waals surface area (Å²) in [5.41, 5.74) is 1.08. The maximum atomic E-state index is 13.1. The molecule has 9 heteroatoms. The predicted octanol–water partition coefficient (Wildman–Crippen LogP) is 3.38. The van der Waals surface area contributed by atoms with Gasteiger partial charge in [0.15, 0.2) is 0 Å². The van der Waals surface area contributed by atoms with E-state index in [0.717, 1.165) is 18.4 Å². The number of sulfonamides is 1. The van der Waals surface area contributed by atoms with Crippen LogP contribution in [0.3, 0.4) is 0 Å². The van der Waals surface area contributed by atoms with Gasteiger partial charge in [-0.15, -0.1) is 0 Å². The predicted molar refractivity (Wildman–Crippen MR) is 118 cm³/mol. The summed E-state index contributed by atoms with van der Waals surface area (Å²) in [6, 6.07) is 12.8. The molecule has 1 atom stereocenters. The second kappa shape index (κ2) is 8.82. The van der Waals surface area contributed by atoms with Gasteiger partial charge in [-0.05, 0) is 48.7 Å². The van der Waals surface area contributed by atoms with Gasteiger partial charge in [0.05, 0.1) is 4.90 Å². The standard InChI is InChI=1S/C22H23ClN4O3S/c1-26-14-11-24-21(26)20(16-7-9-18(23)10-8-16)25-22(28)17-5-4-6-19(15-17)31(29,30)27-12-2-3-13-27/h4-11,14-15,20H,2-3,12-13H2,1H3,(H,25,28)/t20-/m0/s1. The minimum absolute atomic E-state index is 0.127. The summed E-state index contributed by atoms with van der Waals surface area (Å²) < 4.78 is 29.1. The SMILES string of the molecule is Cn1ccnc1[C@@H](NC(=O)c1cccc(S(=O)(=O)N2CCCC2)c1)c1ccc(Cl)cc1. The summed E-state index contributed by atoms with van der Waals surface area (Å²) in [4.78, 5) is 17.6. The Morgan fingerprint density at radius 2 is 1.84 bits per heavy atom. The van der Waals surface area contributed by atoms with Gasteiger partial charge in [-0.25, -0.2) is 13.4 Å². The lowest BCUT2D eigenvalue weighted by Crippen LogP contribution is -2.31. The molecule has 0 radical (unpaired) electrons. The molecule has 31 heavy (non-hydrogen) atoms. The molecule has 0 bridgehead atoms. The number of hydrogen-bond acceptors (Lipinski definition) is 4. The third-order valence-electron chi connectivity index (χ3n) is 5.39. The van der Waals surface area contributed by atoms with Crippen LogP contribution in [0.4, 0.5) is 0 Å². The van der Waals surface area contributed by atoms with Crippen molar-refractivity contribution in [2.24, 2.45) is 7.05 Å². The number of benzene rings is 2. The molecule has 1 fully saturated rings. The number of amides is 1. The largest absolute Gasteiger partial charge is 0.338 e. The Morgan fingerprint density at radius 3 is 2.48 bits per heavy atom. The Kier molecular flexibility index (Phi) is 6.13. The van der Waals surface area contributed by atoms with Crippen LogP contribution in [0, 0.1) is 0 Å². The van der Waals surface area contributed by atoms with E-state index in [1.165, 1.54) is 16.4 Å². The molecule has 162 valence electrons. The van der Waals surface area contributed by atoms with E-state index in [1.807, 2.05) is 23.7 Å². The van der Waals surface area contributed by atoms with E-state index in [2.05, 4.69) is 10.3 Å². The summed E-state index contributed by atoms with van der Waals surface area (Å²) in [7, 11) is -1.76. The molecule has 0 unspecified atom stereocenters. The van der Waals surface area contributed by atoms with Gasteiger partial charge in [0, 0.05) is 43.1 Å². The highest BCUT2D eigenvalue weighted by Crippen LogP contribution is 2.24. The highest BCUT2D eigenvalue weighted by atomic mass is 35.5. The van der Waals surface area contributed by atoms with Gasteiger partial charge in [0.1, 0.15) is 11.9 Å². The number of carbonyl (C=O) groups excluding carboxylic acids is 1. The third-order valence-corrected chi connectivity index (χ3v) is 7.54. The van der Waals surface area contributed by atoms with Crippen molar-refractivity contribution in [3.8, 4) is 0 Å². The Hall–Kier alpha value is -2.68. The second-order valence-electron chi connectivity index (χ2n) is 7.49. The molecule has 1 N–H and O–H groups in total. The van der Waals surface area contributed by atoms with Crippen molar-refractivity contribution in [2.75, 3.05) is 13.1 Å². The molecule has 1 aliphatic rings. The van der Waals surface area contributed by atoms with Crippen molar-refractivity contribution in [3.63, 3.8) is 0 Å². The monoisotopic (exact) mass is 458 g/mol. The van der Waals surface area contributed by atoms with Gasteiger partial charge in [-0.2, -0.15) is 4.31 Å². The molecule has 0 spiro atoms. The van der Waals surface area contributed by atoms with Gasteiger partial charge in [-0.1, -0.05) is 29.8 Å². The van der Waals surface area contributed by atoms with Crippen molar-refractivity contribution >= 4 is 27.5 Å². The van der Waals surface area contributed by atoms with Crippen molar-refractivity contribution in [1.29, 1.82) is 0 Å². The lowest BCUT2D eigenvalue weighted by molar-refractivity contribution is 0.0941. The van der Waals surface area contributed by atoms with Crippen molar-refractivity contribution in [2.45, 2.75) is 23.8 Å². The number of imidazole rings is 1. The van der Waals surface area contributed by atoms with Gasteiger partial charge < -0.3 is 9.88 Å². The number of hydrogen-bond donors (Lipinski definition) is 1. The molecule has 0 saturated carbocycles. The van der Waals surface area contributed by atoms with Crippen LogP contribution >= 0.6 is 11.6 Å². The summed E-state index contributed by atoms with van der Waals surface area (Å²) in [5, 5.41) is 3.58. The minimum Gasteiger partial charge on any atom is -0.338 e. The van der Waals surface area contributed by atoms with Crippen LogP contribution in [0.25, 0.3) is 0 Å². The number of carbonyl (C=O) groups is 1. The lowest BCUT2D eigenvalue weighted by atomic mass is 10.1. The lowest BCUT2D eigenvalue weighted by Gasteiger charge is -2.20. The molecular weight excluding hydrogens is 436 g/mol. The maximum absolute atomic E-state index is 13.1. The van der Waals surface area contributed by atoms with Crippen LogP contribution in [-0.4, -0.2) is 41.3 Å². The fourth-order valence-corrected chi connectivity index (χ4v) is 5.39. The van der Waals surface area contributed by atoms with Gasteiger partial charge >= 0.3 is 0 Å². The van der Waals surface area contributed by atoms with Crippen LogP contribution in [0.5, 0.6) is 0 Å². The van der Waals surface area contributed by atoms with E-state index in [1.54, 1.807) is 36.7 Å². The molecule has 7 nitrogen and oxygen atoms in total. The summed E-state index contributed by atoms with van der Waals surface area (Å²) in [6.07, 6.45) is 5.17. The van der Waals surface area contributed by atoms with Crippen LogP contribution in [0.2, 0.25) is 5.02 Å². The topological polar surface area (TPSA) is 84.3 Å². The molecule has 1 aliphatic heterocycles. The average molecular weight is 459 g/mol. The highest BCUT2D eigenvalue weighted by molar-refractivity contribution is 7.89. The van der Waals surface area contributed by atoms with Crippen molar-refractivity contribution in [3.05, 3.63) is 82.9 Å². The first kappa shape index (κ1) is 21.5. The van der Waals surface area contributed by atoms with Crippen molar-refractivity contribution in [1.82, 2.24) is 19.2 Å². The average Bonchev–Trinajstić information content (AvgIpc) is 3.45. The van der Waals surface area contributed by atoms with E-state index >= 15 is 0 Å². The Bertz CT molecular complexity index is 1190. The molecule has 1 amide bonds. The second-order valence-corrected chi connectivity index (χ2v) is 9.87. The molecule has 2 heterocycles. The van der Waals surface area contributed by atoms with E-state index in [0.29, 0.717) is 23.9 Å². The molecule has 3 aromatic rings. The minimum atomic E-state index is -3.61. The number of rotatable bonds is 6. The van der Waals surface area contributed by atoms with E-state index in [4.69, 9.17) is 11.6 Å². The van der Waals surface area contributed by atoms with Crippen LogP contribution in [0.15, 0.2) is 65.8 Å². The Balaban J connectivity index is 1.63. The summed E-state index contributed by atoms with van der Waals surface area (Å²) in [6.45, 7) is 1.02. The number of halogens is 1. The number of aryl methyl sites for hydroxylation is 1.